The SMILES string of the molecule is Cn1cc(C(=O)O)nc1C1CC2CCC(C1)N2. The number of hydrogen-bond donors (Lipinski definition) is 2. The van der Waals surface area contributed by atoms with Gasteiger partial charge in [-0.3, -0.25) is 0 Å². The van der Waals surface area contributed by atoms with Gasteiger partial charge in [0.05, 0.1) is 0 Å². The molecule has 3 rings (SSSR count). The van der Waals surface area contributed by atoms with Crippen LogP contribution in [0.5, 0.6) is 0 Å². The molecule has 2 N–H and O–H groups in total. The number of aryl methyl sites for hydroxylation is 1. The molecule has 2 atom stereocenters. The third-order valence-corrected chi connectivity index (χ3v) is 3.97. The third-order valence-electron chi connectivity index (χ3n) is 3.97. The monoisotopic (exact) mass is 235 g/mol. The van der Waals surface area contributed by atoms with E-state index in [0.29, 0.717) is 18.0 Å². The molecule has 3 heterocycles. The Bertz CT molecular complexity index is 443. The van der Waals surface area contributed by atoms with E-state index in [0.717, 1.165) is 18.7 Å². The Hall–Kier alpha value is -1.36. The average Bonchev–Trinajstić information content (AvgIpc) is 2.82. The summed E-state index contributed by atoms with van der Waals surface area (Å²) in [7, 11) is 1.89. The smallest absolute Gasteiger partial charge is 0.356 e. The largest absolute Gasteiger partial charge is 0.476 e. The van der Waals surface area contributed by atoms with Crippen LogP contribution < -0.4 is 5.32 Å². The summed E-state index contributed by atoms with van der Waals surface area (Å²) >= 11 is 0. The van der Waals surface area contributed by atoms with Gasteiger partial charge in [-0.1, -0.05) is 0 Å². The molecule has 0 amide bonds. The van der Waals surface area contributed by atoms with Gasteiger partial charge in [-0.2, -0.15) is 0 Å². The number of rotatable bonds is 2. The normalized spacial score (nSPS) is 31.7. The van der Waals surface area contributed by atoms with Crippen LogP contribution in [0.4, 0.5) is 0 Å². The van der Waals surface area contributed by atoms with Crippen LogP contribution in [-0.4, -0.2) is 32.7 Å². The van der Waals surface area contributed by atoms with Gasteiger partial charge in [0, 0.05) is 31.2 Å². The molecule has 5 nitrogen and oxygen atoms in total. The number of imidazole rings is 1. The molecule has 5 heteroatoms. The van der Waals surface area contributed by atoms with Crippen molar-refractivity contribution < 1.29 is 9.90 Å². The lowest BCUT2D eigenvalue weighted by atomic mass is 9.92. The second kappa shape index (κ2) is 3.84. The quantitative estimate of drug-likeness (QED) is 0.806. The van der Waals surface area contributed by atoms with Gasteiger partial charge in [-0.25, -0.2) is 9.78 Å². The summed E-state index contributed by atoms with van der Waals surface area (Å²) in [6.45, 7) is 0. The number of carboxylic acids is 1. The van der Waals surface area contributed by atoms with Crippen LogP contribution in [0.1, 0.15) is 47.9 Å². The molecule has 2 aliphatic heterocycles. The van der Waals surface area contributed by atoms with Crippen molar-refractivity contribution in [3.8, 4) is 0 Å². The topological polar surface area (TPSA) is 67.2 Å². The Labute approximate surface area is 99.8 Å². The first-order valence-corrected chi connectivity index (χ1v) is 6.16. The van der Waals surface area contributed by atoms with Crippen LogP contribution >= 0.6 is 0 Å². The van der Waals surface area contributed by atoms with E-state index in [4.69, 9.17) is 5.11 Å². The van der Waals surface area contributed by atoms with E-state index >= 15 is 0 Å². The first kappa shape index (κ1) is 10.8. The Morgan fingerprint density at radius 3 is 2.65 bits per heavy atom. The highest BCUT2D eigenvalue weighted by molar-refractivity contribution is 5.85. The summed E-state index contributed by atoms with van der Waals surface area (Å²) in [5.74, 6) is 0.399. The molecule has 0 aromatic carbocycles. The minimum Gasteiger partial charge on any atom is -0.476 e. The molecule has 1 aromatic rings. The van der Waals surface area contributed by atoms with Crippen LogP contribution in [0.25, 0.3) is 0 Å². The molecule has 0 radical (unpaired) electrons. The van der Waals surface area contributed by atoms with Gasteiger partial charge in [-0.15, -0.1) is 0 Å². The van der Waals surface area contributed by atoms with E-state index < -0.39 is 5.97 Å². The molecule has 17 heavy (non-hydrogen) atoms. The number of aromatic nitrogens is 2. The summed E-state index contributed by atoms with van der Waals surface area (Å²) in [6.07, 6.45) is 6.27. The van der Waals surface area contributed by atoms with Crippen LogP contribution in [-0.2, 0) is 7.05 Å². The van der Waals surface area contributed by atoms with E-state index in [1.54, 1.807) is 6.20 Å². The maximum atomic E-state index is 10.9. The first-order valence-electron chi connectivity index (χ1n) is 6.16. The van der Waals surface area contributed by atoms with E-state index in [1.165, 1.54) is 12.8 Å². The number of nitrogens with one attached hydrogen (secondary N) is 1. The van der Waals surface area contributed by atoms with Crippen LogP contribution in [0.15, 0.2) is 6.20 Å². The molecule has 0 saturated carbocycles. The molecular formula is C12H17N3O2. The summed E-state index contributed by atoms with van der Waals surface area (Å²) in [6, 6.07) is 1.20. The lowest BCUT2D eigenvalue weighted by Gasteiger charge is -2.28. The van der Waals surface area contributed by atoms with Crippen molar-refractivity contribution in [2.75, 3.05) is 0 Å². The van der Waals surface area contributed by atoms with Crippen molar-refractivity contribution >= 4 is 5.97 Å². The number of fused-ring (bicyclic) bond motifs is 2. The van der Waals surface area contributed by atoms with Crippen LogP contribution in [0.2, 0.25) is 0 Å². The zero-order valence-electron chi connectivity index (χ0n) is 9.89. The molecule has 2 aliphatic rings. The maximum absolute atomic E-state index is 10.9. The van der Waals surface area contributed by atoms with Crippen molar-refractivity contribution in [1.29, 1.82) is 0 Å². The average molecular weight is 235 g/mol. The zero-order valence-corrected chi connectivity index (χ0v) is 9.89. The lowest BCUT2D eigenvalue weighted by molar-refractivity contribution is 0.0690. The van der Waals surface area contributed by atoms with Gasteiger partial charge in [-0.05, 0) is 25.7 Å². The molecule has 2 unspecified atom stereocenters. The third kappa shape index (κ3) is 1.84. The number of piperidine rings is 1. The summed E-state index contributed by atoms with van der Waals surface area (Å²) in [5.41, 5.74) is 0.161. The molecule has 92 valence electrons. The minimum atomic E-state index is -0.941. The van der Waals surface area contributed by atoms with Gasteiger partial charge < -0.3 is 15.0 Å². The fourth-order valence-electron chi connectivity index (χ4n) is 3.23. The van der Waals surface area contributed by atoms with Crippen LogP contribution in [0.3, 0.4) is 0 Å². The number of aromatic carboxylic acids is 1. The lowest BCUT2D eigenvalue weighted by Crippen LogP contribution is -2.37. The van der Waals surface area contributed by atoms with Gasteiger partial charge in [0.15, 0.2) is 5.69 Å². The van der Waals surface area contributed by atoms with Crippen molar-refractivity contribution in [3.05, 3.63) is 17.7 Å². The number of carboxylic acid groups (broad SMARTS) is 1. The van der Waals surface area contributed by atoms with Gasteiger partial charge in [0.2, 0.25) is 0 Å². The molecule has 2 saturated heterocycles. The van der Waals surface area contributed by atoms with Gasteiger partial charge in [0.25, 0.3) is 0 Å². The number of carbonyl (C=O) groups is 1. The highest BCUT2D eigenvalue weighted by atomic mass is 16.4. The second-order valence-electron chi connectivity index (χ2n) is 5.21. The number of hydrogen-bond acceptors (Lipinski definition) is 3. The van der Waals surface area contributed by atoms with E-state index in [1.807, 2.05) is 11.6 Å². The second-order valence-corrected chi connectivity index (χ2v) is 5.21. The van der Waals surface area contributed by atoms with E-state index in [9.17, 15) is 4.79 Å². The molecule has 0 spiro atoms. The first-order chi connectivity index (χ1) is 8.13. The van der Waals surface area contributed by atoms with Crippen LogP contribution in [0, 0.1) is 0 Å². The molecular weight excluding hydrogens is 218 g/mol. The van der Waals surface area contributed by atoms with Crippen molar-refractivity contribution in [1.82, 2.24) is 14.9 Å². The Balaban J connectivity index is 1.86. The fourth-order valence-corrected chi connectivity index (χ4v) is 3.23. The predicted molar refractivity (Wildman–Crippen MR) is 62.1 cm³/mol. The van der Waals surface area contributed by atoms with Crippen molar-refractivity contribution in [3.63, 3.8) is 0 Å². The standard InChI is InChI=1S/C12H17N3O2/c1-15-6-10(12(16)17)14-11(15)7-4-8-2-3-9(5-7)13-8/h6-9,13H,2-5H2,1H3,(H,16,17). The highest BCUT2D eigenvalue weighted by Crippen LogP contribution is 2.36. The van der Waals surface area contributed by atoms with E-state index in [2.05, 4.69) is 10.3 Å². The predicted octanol–water partition coefficient (Wildman–Crippen LogP) is 1.12. The highest BCUT2D eigenvalue weighted by Gasteiger charge is 2.35. The van der Waals surface area contributed by atoms with Crippen molar-refractivity contribution in [2.45, 2.75) is 43.7 Å². The minimum absolute atomic E-state index is 0.161. The Kier molecular flexibility index (Phi) is 2.43. The molecule has 2 bridgehead atoms. The summed E-state index contributed by atoms with van der Waals surface area (Å²) < 4.78 is 1.87. The fraction of sp³-hybridized carbons (Fsp3) is 0.667. The zero-order chi connectivity index (χ0) is 12.0. The van der Waals surface area contributed by atoms with Crippen molar-refractivity contribution in [2.24, 2.45) is 7.05 Å². The van der Waals surface area contributed by atoms with Gasteiger partial charge in [0.1, 0.15) is 5.82 Å². The van der Waals surface area contributed by atoms with Gasteiger partial charge >= 0.3 is 5.97 Å². The maximum Gasteiger partial charge on any atom is 0.356 e. The molecule has 2 fully saturated rings. The number of nitrogens with zero attached hydrogens (tertiary/aromatic N) is 2. The molecule has 0 aliphatic carbocycles. The Morgan fingerprint density at radius 2 is 2.12 bits per heavy atom. The Morgan fingerprint density at radius 1 is 1.47 bits per heavy atom. The summed E-state index contributed by atoms with van der Waals surface area (Å²) in [5, 5.41) is 12.5. The molecule has 1 aromatic heterocycles. The van der Waals surface area contributed by atoms with E-state index in [-0.39, 0.29) is 5.69 Å². The summed E-state index contributed by atoms with van der Waals surface area (Å²) in [4.78, 5) is 15.2.